The van der Waals surface area contributed by atoms with Crippen molar-refractivity contribution in [2.45, 2.75) is 18.4 Å². The van der Waals surface area contributed by atoms with E-state index in [2.05, 4.69) is 25.6 Å². The van der Waals surface area contributed by atoms with Crippen molar-refractivity contribution in [1.82, 2.24) is 9.71 Å². The Morgan fingerprint density at radius 1 is 1.47 bits per heavy atom. The topological polar surface area (TPSA) is 85.1 Å². The first-order valence-corrected chi connectivity index (χ1v) is 8.48. The number of hydrogen-bond donors (Lipinski definition) is 2. The molecule has 0 radical (unpaired) electrons. The number of anilines is 1. The number of nitrogens with zero attached hydrogens (tertiary/aromatic N) is 1. The second-order valence-corrected chi connectivity index (χ2v) is 7.49. The Bertz CT molecular complexity index is 684. The number of aryl methyl sites for hydroxylation is 1. The lowest BCUT2D eigenvalue weighted by Crippen LogP contribution is -2.23. The zero-order valence-electron chi connectivity index (χ0n) is 10.1. The van der Waals surface area contributed by atoms with Gasteiger partial charge in [-0.2, -0.15) is 0 Å². The number of halogens is 1. The Labute approximate surface area is 124 Å². The lowest BCUT2D eigenvalue weighted by molar-refractivity contribution is 0.581. The maximum absolute atomic E-state index is 12.2. The third kappa shape index (κ3) is 3.33. The maximum atomic E-state index is 12.2. The van der Waals surface area contributed by atoms with Crippen molar-refractivity contribution in [2.75, 3.05) is 5.73 Å². The Balaban J connectivity index is 2.27. The number of hydrogen-bond acceptors (Lipinski definition) is 5. The van der Waals surface area contributed by atoms with Gasteiger partial charge in [-0.1, -0.05) is 0 Å². The first-order valence-electron chi connectivity index (χ1n) is 5.33. The van der Waals surface area contributed by atoms with E-state index in [0.717, 1.165) is 4.88 Å². The normalized spacial score (nSPS) is 11.7. The van der Waals surface area contributed by atoms with Crippen molar-refractivity contribution >= 4 is 43.0 Å². The van der Waals surface area contributed by atoms with Gasteiger partial charge in [0.2, 0.25) is 10.0 Å². The largest absolute Gasteiger partial charge is 0.398 e. The standard InChI is InChI=1S/C11H12BrN3O2S2/c1-7-2-9(12)10(13)3-11(7)19(16,17)15-5-8-4-14-6-18-8/h2-4,6,15H,5,13H2,1H3. The molecule has 3 N–H and O–H groups in total. The first kappa shape index (κ1) is 14.4. The van der Waals surface area contributed by atoms with Gasteiger partial charge >= 0.3 is 0 Å². The van der Waals surface area contributed by atoms with Gasteiger partial charge in [0, 0.05) is 27.8 Å². The molecule has 5 nitrogen and oxygen atoms in total. The summed E-state index contributed by atoms with van der Waals surface area (Å²) in [6.45, 7) is 1.95. The summed E-state index contributed by atoms with van der Waals surface area (Å²) in [7, 11) is -3.58. The van der Waals surface area contributed by atoms with Gasteiger partial charge in [-0.05, 0) is 40.5 Å². The van der Waals surface area contributed by atoms with Crippen molar-refractivity contribution in [2.24, 2.45) is 0 Å². The third-order valence-electron chi connectivity index (χ3n) is 2.50. The number of thiazole rings is 1. The molecule has 0 unspecified atom stereocenters. The second-order valence-electron chi connectivity index (χ2n) is 3.93. The smallest absolute Gasteiger partial charge is 0.241 e. The van der Waals surface area contributed by atoms with Gasteiger partial charge in [-0.3, -0.25) is 4.98 Å². The molecule has 0 bridgehead atoms. The van der Waals surface area contributed by atoms with Crippen LogP contribution in [-0.2, 0) is 16.6 Å². The molecule has 0 aliphatic rings. The monoisotopic (exact) mass is 361 g/mol. The predicted molar refractivity (Wildman–Crippen MR) is 79.4 cm³/mol. The maximum Gasteiger partial charge on any atom is 0.241 e. The molecular weight excluding hydrogens is 350 g/mol. The van der Waals surface area contributed by atoms with Gasteiger partial charge < -0.3 is 5.73 Å². The molecule has 1 aromatic carbocycles. The average molecular weight is 362 g/mol. The van der Waals surface area contributed by atoms with Gasteiger partial charge in [0.05, 0.1) is 10.4 Å². The highest BCUT2D eigenvalue weighted by Crippen LogP contribution is 2.26. The fourth-order valence-corrected chi connectivity index (χ4v) is 3.88. The Morgan fingerprint density at radius 2 is 2.21 bits per heavy atom. The summed E-state index contributed by atoms with van der Waals surface area (Å²) in [4.78, 5) is 4.94. The minimum Gasteiger partial charge on any atom is -0.398 e. The van der Waals surface area contributed by atoms with Crippen LogP contribution in [0.4, 0.5) is 5.69 Å². The summed E-state index contributed by atoms with van der Waals surface area (Å²) >= 11 is 4.67. The van der Waals surface area contributed by atoms with E-state index in [1.807, 2.05) is 0 Å². The van der Waals surface area contributed by atoms with Crippen molar-refractivity contribution in [3.05, 3.63) is 38.8 Å². The number of aromatic nitrogens is 1. The van der Waals surface area contributed by atoms with Crippen LogP contribution in [0.1, 0.15) is 10.4 Å². The van der Waals surface area contributed by atoms with Crippen LogP contribution in [0.15, 0.2) is 33.2 Å². The van der Waals surface area contributed by atoms with Gasteiger partial charge in [0.25, 0.3) is 0 Å². The van der Waals surface area contributed by atoms with Crippen molar-refractivity contribution < 1.29 is 8.42 Å². The molecule has 0 saturated heterocycles. The number of nitrogens with two attached hydrogens (primary N) is 1. The Hall–Kier alpha value is -0.960. The molecule has 2 aromatic rings. The number of rotatable bonds is 4. The molecule has 1 heterocycles. The summed E-state index contributed by atoms with van der Waals surface area (Å²) in [6.07, 6.45) is 1.63. The molecule has 0 amide bonds. The fraction of sp³-hybridized carbons (Fsp3) is 0.182. The highest BCUT2D eigenvalue weighted by Gasteiger charge is 2.18. The van der Waals surface area contributed by atoms with Crippen LogP contribution in [0, 0.1) is 6.92 Å². The van der Waals surface area contributed by atoms with Crippen molar-refractivity contribution in [3.8, 4) is 0 Å². The van der Waals surface area contributed by atoms with Crippen LogP contribution < -0.4 is 10.5 Å². The minimum absolute atomic E-state index is 0.192. The van der Waals surface area contributed by atoms with Crippen LogP contribution in [-0.4, -0.2) is 13.4 Å². The molecule has 2 rings (SSSR count). The highest BCUT2D eigenvalue weighted by atomic mass is 79.9. The Kier molecular flexibility index (Phi) is 4.24. The molecular formula is C11H12BrN3O2S2. The predicted octanol–water partition coefficient (Wildman–Crippen LogP) is 2.27. The van der Waals surface area contributed by atoms with E-state index < -0.39 is 10.0 Å². The van der Waals surface area contributed by atoms with Gasteiger partial charge in [-0.25, -0.2) is 13.1 Å². The van der Waals surface area contributed by atoms with Crippen molar-refractivity contribution in [1.29, 1.82) is 0 Å². The van der Waals surface area contributed by atoms with Crippen LogP contribution in [0.2, 0.25) is 0 Å². The summed E-state index contributed by atoms with van der Waals surface area (Å²) in [5.74, 6) is 0. The molecule has 0 saturated carbocycles. The van der Waals surface area contributed by atoms with Crippen LogP contribution in [0.5, 0.6) is 0 Å². The van der Waals surface area contributed by atoms with E-state index in [1.54, 1.807) is 24.7 Å². The van der Waals surface area contributed by atoms with E-state index in [4.69, 9.17) is 5.73 Å². The minimum atomic E-state index is -3.58. The van der Waals surface area contributed by atoms with E-state index in [0.29, 0.717) is 15.7 Å². The molecule has 8 heteroatoms. The number of sulfonamides is 1. The highest BCUT2D eigenvalue weighted by molar-refractivity contribution is 9.10. The zero-order valence-corrected chi connectivity index (χ0v) is 13.3. The van der Waals surface area contributed by atoms with Crippen LogP contribution in [0.25, 0.3) is 0 Å². The van der Waals surface area contributed by atoms with E-state index in [9.17, 15) is 8.42 Å². The third-order valence-corrected chi connectivity index (χ3v) is 5.51. The molecule has 102 valence electrons. The average Bonchev–Trinajstić information content (AvgIpc) is 2.84. The summed E-state index contributed by atoms with van der Waals surface area (Å²) in [5.41, 5.74) is 8.42. The quantitative estimate of drug-likeness (QED) is 0.818. The SMILES string of the molecule is Cc1cc(Br)c(N)cc1S(=O)(=O)NCc1cncs1. The van der Waals surface area contributed by atoms with E-state index >= 15 is 0 Å². The molecule has 19 heavy (non-hydrogen) atoms. The van der Waals surface area contributed by atoms with E-state index in [-0.39, 0.29) is 11.4 Å². The number of benzene rings is 1. The first-order chi connectivity index (χ1) is 8.90. The molecule has 0 aliphatic heterocycles. The number of nitrogens with one attached hydrogen (secondary N) is 1. The number of nitrogen functional groups attached to an aromatic ring is 1. The lowest BCUT2D eigenvalue weighted by atomic mass is 10.2. The molecule has 0 aliphatic carbocycles. The van der Waals surface area contributed by atoms with E-state index in [1.165, 1.54) is 17.4 Å². The lowest BCUT2D eigenvalue weighted by Gasteiger charge is -2.10. The molecule has 1 aromatic heterocycles. The summed E-state index contributed by atoms with van der Waals surface area (Å²) in [6, 6.07) is 3.14. The van der Waals surface area contributed by atoms with Crippen LogP contribution >= 0.6 is 27.3 Å². The summed E-state index contributed by atoms with van der Waals surface area (Å²) < 4.78 is 27.7. The fourth-order valence-electron chi connectivity index (χ4n) is 1.53. The summed E-state index contributed by atoms with van der Waals surface area (Å²) in [5, 5.41) is 0. The van der Waals surface area contributed by atoms with Gasteiger partial charge in [0.15, 0.2) is 0 Å². The second kappa shape index (κ2) is 5.58. The molecule has 0 spiro atoms. The van der Waals surface area contributed by atoms with Crippen molar-refractivity contribution in [3.63, 3.8) is 0 Å². The Morgan fingerprint density at radius 3 is 2.84 bits per heavy atom. The van der Waals surface area contributed by atoms with Crippen LogP contribution in [0.3, 0.4) is 0 Å². The molecule has 0 fully saturated rings. The van der Waals surface area contributed by atoms with Gasteiger partial charge in [-0.15, -0.1) is 11.3 Å². The zero-order chi connectivity index (χ0) is 14.0. The molecule has 0 atom stereocenters. The van der Waals surface area contributed by atoms with Gasteiger partial charge in [0.1, 0.15) is 0 Å².